The minimum atomic E-state index is -1.31. The minimum absolute atomic E-state index is 0.161. The van der Waals surface area contributed by atoms with Gasteiger partial charge < -0.3 is 15.3 Å². The number of carbonyl (C=O) groups is 3. The predicted octanol–water partition coefficient (Wildman–Crippen LogP) is 2.93. The molecule has 0 heterocycles. The van der Waals surface area contributed by atoms with Gasteiger partial charge in [-0.3, -0.25) is 0 Å². The fourth-order valence-electron chi connectivity index (χ4n) is 2.30. The van der Waals surface area contributed by atoms with Crippen LogP contribution in [0.15, 0.2) is 42.5 Å². The third kappa shape index (κ3) is 3.37. The van der Waals surface area contributed by atoms with E-state index in [9.17, 15) is 14.4 Å². The van der Waals surface area contributed by atoms with Gasteiger partial charge in [-0.25, -0.2) is 14.4 Å². The lowest BCUT2D eigenvalue weighted by molar-refractivity contribution is 0.0651. The Hall–Kier alpha value is -3.15. The second-order valence-electron chi connectivity index (χ2n) is 5.06. The van der Waals surface area contributed by atoms with E-state index in [2.05, 4.69) is 0 Å². The highest BCUT2D eigenvalue weighted by atomic mass is 16.4. The van der Waals surface area contributed by atoms with Gasteiger partial charge in [0, 0.05) is 5.92 Å². The molecule has 6 nitrogen and oxygen atoms in total. The summed E-state index contributed by atoms with van der Waals surface area (Å²) in [5.41, 5.74) is 1.05. The van der Waals surface area contributed by atoms with Crippen molar-refractivity contribution in [3.05, 3.63) is 70.3 Å². The number of benzene rings is 2. The third-order valence-electron chi connectivity index (χ3n) is 3.66. The molecule has 0 fully saturated rings. The predicted molar refractivity (Wildman–Crippen MR) is 81.3 cm³/mol. The summed E-state index contributed by atoms with van der Waals surface area (Å²) in [5.74, 6) is -3.84. The first-order valence-corrected chi connectivity index (χ1v) is 6.75. The molecule has 2 aromatic carbocycles. The van der Waals surface area contributed by atoms with Crippen molar-refractivity contribution in [1.82, 2.24) is 0 Å². The van der Waals surface area contributed by atoms with Crippen LogP contribution < -0.4 is 0 Å². The average molecular weight is 314 g/mol. The maximum Gasteiger partial charge on any atom is 0.336 e. The fourth-order valence-corrected chi connectivity index (χ4v) is 2.30. The standard InChI is InChI=1S/C17H14O6/c1-9(10-2-4-11(5-3-10)15(18)19)12-6-7-13(16(20)21)14(8-12)17(22)23/h2-9H,1H3,(H,18,19)(H,20,21)(H,22,23). The van der Waals surface area contributed by atoms with E-state index in [1.165, 1.54) is 24.3 Å². The Kier molecular flexibility index (Phi) is 4.45. The summed E-state index contributed by atoms with van der Waals surface area (Å²) in [6.07, 6.45) is 0. The molecule has 0 aliphatic carbocycles. The molecule has 0 spiro atoms. The summed E-state index contributed by atoms with van der Waals surface area (Å²) < 4.78 is 0. The quantitative estimate of drug-likeness (QED) is 0.782. The summed E-state index contributed by atoms with van der Waals surface area (Å²) in [6.45, 7) is 1.83. The molecular formula is C17H14O6. The molecule has 3 N–H and O–H groups in total. The van der Waals surface area contributed by atoms with Gasteiger partial charge in [0.2, 0.25) is 0 Å². The zero-order valence-electron chi connectivity index (χ0n) is 12.2. The second kappa shape index (κ2) is 6.31. The van der Waals surface area contributed by atoms with Gasteiger partial charge in [0.05, 0.1) is 16.7 Å². The highest BCUT2D eigenvalue weighted by molar-refractivity contribution is 6.01. The van der Waals surface area contributed by atoms with Gasteiger partial charge in [0.1, 0.15) is 0 Å². The molecule has 1 atom stereocenters. The monoisotopic (exact) mass is 314 g/mol. The number of carboxylic acids is 3. The van der Waals surface area contributed by atoms with Crippen LogP contribution in [0.4, 0.5) is 0 Å². The van der Waals surface area contributed by atoms with E-state index in [0.29, 0.717) is 5.56 Å². The van der Waals surface area contributed by atoms with Gasteiger partial charge >= 0.3 is 17.9 Å². The zero-order chi connectivity index (χ0) is 17.1. The SMILES string of the molecule is CC(c1ccc(C(=O)O)cc1)c1ccc(C(=O)O)c(C(=O)O)c1. The van der Waals surface area contributed by atoms with Crippen LogP contribution >= 0.6 is 0 Å². The number of hydrogen-bond donors (Lipinski definition) is 3. The van der Waals surface area contributed by atoms with E-state index >= 15 is 0 Å². The molecule has 1 unspecified atom stereocenters. The largest absolute Gasteiger partial charge is 0.478 e. The molecule has 23 heavy (non-hydrogen) atoms. The summed E-state index contributed by atoms with van der Waals surface area (Å²) >= 11 is 0. The normalized spacial score (nSPS) is 11.7. The molecule has 2 rings (SSSR count). The van der Waals surface area contributed by atoms with Crippen LogP contribution in [0.2, 0.25) is 0 Å². The van der Waals surface area contributed by atoms with E-state index in [1.807, 2.05) is 6.92 Å². The van der Waals surface area contributed by atoms with E-state index in [1.54, 1.807) is 18.2 Å². The molecule has 0 aromatic heterocycles. The Morgan fingerprint density at radius 3 is 1.74 bits per heavy atom. The van der Waals surface area contributed by atoms with Crippen LogP contribution in [0.25, 0.3) is 0 Å². The molecule has 0 amide bonds. The molecular weight excluding hydrogens is 300 g/mol. The highest BCUT2D eigenvalue weighted by Crippen LogP contribution is 2.26. The van der Waals surface area contributed by atoms with E-state index in [4.69, 9.17) is 15.3 Å². The van der Waals surface area contributed by atoms with Crippen molar-refractivity contribution in [2.45, 2.75) is 12.8 Å². The van der Waals surface area contributed by atoms with Crippen molar-refractivity contribution < 1.29 is 29.7 Å². The van der Waals surface area contributed by atoms with Gasteiger partial charge in [-0.05, 0) is 35.4 Å². The maximum atomic E-state index is 11.2. The lowest BCUT2D eigenvalue weighted by Crippen LogP contribution is -2.09. The first-order chi connectivity index (χ1) is 10.8. The van der Waals surface area contributed by atoms with E-state index < -0.39 is 17.9 Å². The van der Waals surface area contributed by atoms with Crippen LogP contribution in [0.1, 0.15) is 55.0 Å². The van der Waals surface area contributed by atoms with Crippen LogP contribution in [0, 0.1) is 0 Å². The lowest BCUT2D eigenvalue weighted by atomic mass is 9.90. The van der Waals surface area contributed by atoms with Gasteiger partial charge in [0.25, 0.3) is 0 Å². The minimum Gasteiger partial charge on any atom is -0.478 e. The number of rotatable bonds is 5. The van der Waals surface area contributed by atoms with Crippen molar-refractivity contribution in [3.63, 3.8) is 0 Å². The van der Waals surface area contributed by atoms with Crippen molar-refractivity contribution in [1.29, 1.82) is 0 Å². The first kappa shape index (κ1) is 16.2. The summed E-state index contributed by atoms with van der Waals surface area (Å²) in [6, 6.07) is 10.4. The fraction of sp³-hybridized carbons (Fsp3) is 0.118. The average Bonchev–Trinajstić information content (AvgIpc) is 2.53. The maximum absolute atomic E-state index is 11.2. The van der Waals surface area contributed by atoms with Crippen molar-refractivity contribution >= 4 is 17.9 Å². The summed E-state index contributed by atoms with van der Waals surface area (Å²) in [4.78, 5) is 33.1. The molecule has 0 bridgehead atoms. The Morgan fingerprint density at radius 2 is 1.26 bits per heavy atom. The van der Waals surface area contributed by atoms with Gasteiger partial charge in [-0.2, -0.15) is 0 Å². The Morgan fingerprint density at radius 1 is 0.739 bits per heavy atom. The molecule has 0 aliphatic rings. The molecule has 0 aliphatic heterocycles. The first-order valence-electron chi connectivity index (χ1n) is 6.75. The smallest absolute Gasteiger partial charge is 0.336 e. The lowest BCUT2D eigenvalue weighted by Gasteiger charge is -2.14. The molecule has 2 aromatic rings. The van der Waals surface area contributed by atoms with Crippen LogP contribution in [0.3, 0.4) is 0 Å². The summed E-state index contributed by atoms with van der Waals surface area (Å²) in [5, 5.41) is 27.1. The van der Waals surface area contributed by atoms with Gasteiger partial charge in [0.15, 0.2) is 0 Å². The molecule has 0 saturated carbocycles. The molecule has 6 heteroatoms. The van der Waals surface area contributed by atoms with Crippen molar-refractivity contribution in [2.24, 2.45) is 0 Å². The zero-order valence-corrected chi connectivity index (χ0v) is 12.2. The van der Waals surface area contributed by atoms with Crippen LogP contribution in [-0.4, -0.2) is 33.2 Å². The Labute approximate surface area is 131 Å². The Bertz CT molecular complexity index is 776. The van der Waals surface area contributed by atoms with E-state index in [-0.39, 0.29) is 22.6 Å². The number of carboxylic acid groups (broad SMARTS) is 3. The number of aromatic carboxylic acids is 3. The van der Waals surface area contributed by atoms with Crippen molar-refractivity contribution in [2.75, 3.05) is 0 Å². The van der Waals surface area contributed by atoms with Gasteiger partial charge in [-0.1, -0.05) is 25.1 Å². The van der Waals surface area contributed by atoms with Crippen LogP contribution in [0.5, 0.6) is 0 Å². The number of hydrogen-bond acceptors (Lipinski definition) is 3. The Balaban J connectivity index is 2.41. The second-order valence-corrected chi connectivity index (χ2v) is 5.06. The molecule has 118 valence electrons. The van der Waals surface area contributed by atoms with Crippen molar-refractivity contribution in [3.8, 4) is 0 Å². The molecule has 0 radical (unpaired) electrons. The van der Waals surface area contributed by atoms with Crippen LogP contribution in [-0.2, 0) is 0 Å². The molecule has 0 saturated heterocycles. The summed E-state index contributed by atoms with van der Waals surface area (Å²) in [7, 11) is 0. The van der Waals surface area contributed by atoms with Gasteiger partial charge in [-0.15, -0.1) is 0 Å². The topological polar surface area (TPSA) is 112 Å². The highest BCUT2D eigenvalue weighted by Gasteiger charge is 2.19. The van der Waals surface area contributed by atoms with E-state index in [0.717, 1.165) is 5.56 Å². The third-order valence-corrected chi connectivity index (χ3v) is 3.66.